The van der Waals surface area contributed by atoms with Crippen LogP contribution in [0.3, 0.4) is 0 Å². The van der Waals surface area contributed by atoms with Gasteiger partial charge in [-0.25, -0.2) is 0 Å². The predicted octanol–water partition coefficient (Wildman–Crippen LogP) is 6.01. The van der Waals surface area contributed by atoms with Crippen LogP contribution in [0.25, 0.3) is 0 Å². The number of nitrogens with zero attached hydrogens (tertiary/aromatic N) is 1. The van der Waals surface area contributed by atoms with E-state index in [1.165, 1.54) is 0 Å². The van der Waals surface area contributed by atoms with Crippen LogP contribution in [-0.4, -0.2) is 52.5 Å². The Labute approximate surface area is 237 Å². The molecule has 0 spiro atoms. The lowest BCUT2D eigenvalue weighted by Gasteiger charge is -2.37. The average Bonchev–Trinajstić information content (AvgIpc) is 2.94. The molecule has 1 unspecified atom stereocenters. The third kappa shape index (κ3) is 5.55. The van der Waals surface area contributed by atoms with E-state index in [0.717, 1.165) is 11.1 Å². The first-order valence-electron chi connectivity index (χ1n) is 12.9. The Morgan fingerprint density at radius 2 is 1.59 bits per heavy atom. The SMILES string of the molecule is CCCOC(=O)C1C(C)=NC2=C(C(=O)C[C@@H](c3ccc(OC)c(OC)c3)C2)[C@@H]1c1cc(OC)c(OC)cc1Br. The van der Waals surface area contributed by atoms with Crippen LogP contribution in [0.15, 0.2) is 51.1 Å². The Morgan fingerprint density at radius 1 is 0.949 bits per heavy atom. The van der Waals surface area contributed by atoms with E-state index >= 15 is 0 Å². The zero-order valence-electron chi connectivity index (χ0n) is 23.1. The van der Waals surface area contributed by atoms with Crippen LogP contribution in [0.4, 0.5) is 0 Å². The van der Waals surface area contributed by atoms with Crippen molar-refractivity contribution in [2.45, 2.75) is 44.9 Å². The zero-order chi connectivity index (χ0) is 28.3. The van der Waals surface area contributed by atoms with Crippen molar-refractivity contribution in [2.24, 2.45) is 10.9 Å². The minimum Gasteiger partial charge on any atom is -0.493 e. The number of halogens is 1. The molecule has 0 fully saturated rings. The number of hydrogen-bond donors (Lipinski definition) is 0. The summed E-state index contributed by atoms with van der Waals surface area (Å²) in [5.74, 6) is 0.408. The molecule has 0 saturated carbocycles. The van der Waals surface area contributed by atoms with Gasteiger partial charge in [-0.05, 0) is 61.1 Å². The summed E-state index contributed by atoms with van der Waals surface area (Å²) in [5.41, 5.74) is 3.56. The minimum atomic E-state index is -0.744. The lowest BCUT2D eigenvalue weighted by atomic mass is 9.69. The van der Waals surface area contributed by atoms with Gasteiger partial charge in [0.2, 0.25) is 0 Å². The van der Waals surface area contributed by atoms with Crippen LogP contribution in [0.5, 0.6) is 23.0 Å². The molecule has 0 bridgehead atoms. The number of hydrogen-bond acceptors (Lipinski definition) is 8. The van der Waals surface area contributed by atoms with Gasteiger partial charge in [0.15, 0.2) is 28.8 Å². The molecule has 8 nitrogen and oxygen atoms in total. The van der Waals surface area contributed by atoms with Crippen LogP contribution in [0.1, 0.15) is 56.1 Å². The number of benzene rings is 2. The number of aliphatic imine (C=N–C) groups is 1. The Morgan fingerprint density at radius 3 is 2.23 bits per heavy atom. The number of rotatable bonds is 9. The highest BCUT2D eigenvalue weighted by Gasteiger charge is 2.45. The molecular weight excluding hydrogens is 566 g/mol. The molecule has 0 saturated heterocycles. The van der Waals surface area contributed by atoms with Crippen molar-refractivity contribution in [3.8, 4) is 23.0 Å². The predicted molar refractivity (Wildman–Crippen MR) is 151 cm³/mol. The van der Waals surface area contributed by atoms with Crippen molar-refractivity contribution in [3.63, 3.8) is 0 Å². The molecule has 2 aliphatic rings. The van der Waals surface area contributed by atoms with Gasteiger partial charge in [0.25, 0.3) is 0 Å². The smallest absolute Gasteiger partial charge is 0.315 e. The molecule has 0 radical (unpaired) electrons. The van der Waals surface area contributed by atoms with E-state index in [4.69, 9.17) is 28.7 Å². The van der Waals surface area contributed by atoms with Gasteiger partial charge < -0.3 is 23.7 Å². The quantitative estimate of drug-likeness (QED) is 0.326. The first-order valence-corrected chi connectivity index (χ1v) is 13.7. The van der Waals surface area contributed by atoms with E-state index in [9.17, 15) is 9.59 Å². The number of carbonyl (C=O) groups excluding carboxylic acids is 2. The van der Waals surface area contributed by atoms with Crippen molar-refractivity contribution < 1.29 is 33.3 Å². The van der Waals surface area contributed by atoms with Gasteiger partial charge in [0, 0.05) is 33.8 Å². The minimum absolute atomic E-state index is 0.0488. The highest BCUT2D eigenvalue weighted by molar-refractivity contribution is 9.10. The van der Waals surface area contributed by atoms with E-state index in [0.29, 0.717) is 63.9 Å². The van der Waals surface area contributed by atoms with E-state index in [1.54, 1.807) is 34.5 Å². The molecule has 9 heteroatoms. The Balaban J connectivity index is 1.83. The molecule has 3 atom stereocenters. The van der Waals surface area contributed by atoms with E-state index in [2.05, 4.69) is 15.9 Å². The van der Waals surface area contributed by atoms with E-state index < -0.39 is 17.8 Å². The Kier molecular flexibility index (Phi) is 9.00. The zero-order valence-corrected chi connectivity index (χ0v) is 24.7. The molecule has 39 heavy (non-hydrogen) atoms. The largest absolute Gasteiger partial charge is 0.493 e. The maximum Gasteiger partial charge on any atom is 0.315 e. The Hall–Kier alpha value is -3.33. The number of ether oxygens (including phenoxy) is 5. The van der Waals surface area contributed by atoms with Gasteiger partial charge in [-0.15, -0.1) is 0 Å². The second kappa shape index (κ2) is 12.2. The topological polar surface area (TPSA) is 92.7 Å². The molecular formula is C30H34BrNO7. The van der Waals surface area contributed by atoms with Gasteiger partial charge >= 0.3 is 5.97 Å². The van der Waals surface area contributed by atoms with E-state index in [-0.39, 0.29) is 18.1 Å². The normalized spacial score (nSPS) is 20.6. The molecule has 2 aromatic rings. The second-order valence-corrected chi connectivity index (χ2v) is 10.5. The third-order valence-electron chi connectivity index (χ3n) is 7.31. The summed E-state index contributed by atoms with van der Waals surface area (Å²) < 4.78 is 28.2. The summed E-state index contributed by atoms with van der Waals surface area (Å²) in [7, 11) is 6.30. The highest BCUT2D eigenvalue weighted by atomic mass is 79.9. The summed E-state index contributed by atoms with van der Waals surface area (Å²) in [4.78, 5) is 32.2. The van der Waals surface area contributed by atoms with Crippen molar-refractivity contribution in [1.82, 2.24) is 0 Å². The molecule has 1 aliphatic heterocycles. The Bertz CT molecular complexity index is 1330. The number of ketones is 1. The number of Topliss-reactive ketones (excluding diaryl/α,β-unsaturated/α-hetero) is 1. The third-order valence-corrected chi connectivity index (χ3v) is 7.99. The van der Waals surface area contributed by atoms with Crippen molar-refractivity contribution in [3.05, 3.63) is 57.2 Å². The summed E-state index contributed by atoms with van der Waals surface area (Å²) >= 11 is 3.66. The summed E-state index contributed by atoms with van der Waals surface area (Å²) in [6.07, 6.45) is 1.52. The molecule has 0 amide bonds. The second-order valence-electron chi connectivity index (χ2n) is 9.61. The van der Waals surface area contributed by atoms with Crippen LogP contribution >= 0.6 is 15.9 Å². The van der Waals surface area contributed by atoms with Crippen LogP contribution in [0, 0.1) is 5.92 Å². The van der Waals surface area contributed by atoms with Gasteiger partial charge in [0.05, 0.1) is 35.0 Å². The van der Waals surface area contributed by atoms with Crippen molar-refractivity contribution in [1.29, 1.82) is 0 Å². The van der Waals surface area contributed by atoms with Gasteiger partial charge in [-0.2, -0.15) is 0 Å². The highest BCUT2D eigenvalue weighted by Crippen LogP contribution is 2.50. The first kappa shape index (κ1) is 28.7. The summed E-state index contributed by atoms with van der Waals surface area (Å²) in [5, 5.41) is 0. The molecule has 4 rings (SSSR count). The molecule has 1 heterocycles. The lowest BCUT2D eigenvalue weighted by Crippen LogP contribution is -2.38. The molecule has 1 aliphatic carbocycles. The molecule has 208 valence electrons. The van der Waals surface area contributed by atoms with Crippen LogP contribution < -0.4 is 18.9 Å². The van der Waals surface area contributed by atoms with Crippen LogP contribution in [-0.2, 0) is 14.3 Å². The number of allylic oxidation sites excluding steroid dienone is 2. The fourth-order valence-corrected chi connectivity index (χ4v) is 6.01. The monoisotopic (exact) mass is 599 g/mol. The van der Waals surface area contributed by atoms with Gasteiger partial charge in [-0.3, -0.25) is 14.6 Å². The standard InChI is InChI=1S/C30H34BrNO7/c1-7-10-39-30(34)27-16(2)32-21-11-18(17-8-9-23(35-3)24(13-17)36-4)12-22(33)29(21)28(27)19-14-25(37-5)26(38-6)15-20(19)31/h8-9,13-15,18,27-28H,7,10-12H2,1-6H3/t18-,27?,28+/m0/s1. The van der Waals surface area contributed by atoms with Gasteiger partial charge in [0.1, 0.15) is 5.92 Å². The lowest BCUT2D eigenvalue weighted by molar-refractivity contribution is -0.146. The molecule has 0 N–H and O–H groups in total. The van der Waals surface area contributed by atoms with Crippen LogP contribution in [0.2, 0.25) is 0 Å². The number of carbonyl (C=O) groups is 2. The number of methoxy groups -OCH3 is 4. The summed E-state index contributed by atoms with van der Waals surface area (Å²) in [6.45, 7) is 4.06. The average molecular weight is 601 g/mol. The van der Waals surface area contributed by atoms with E-state index in [1.807, 2.05) is 38.1 Å². The first-order chi connectivity index (χ1) is 18.8. The fourth-order valence-electron chi connectivity index (χ4n) is 5.44. The van der Waals surface area contributed by atoms with Gasteiger partial charge in [-0.1, -0.05) is 28.9 Å². The maximum absolute atomic E-state index is 13.9. The maximum atomic E-state index is 13.9. The molecule has 2 aromatic carbocycles. The molecule has 0 aromatic heterocycles. The summed E-state index contributed by atoms with van der Waals surface area (Å²) in [6, 6.07) is 9.34. The fraction of sp³-hybridized carbons (Fsp3) is 0.433. The van der Waals surface area contributed by atoms with Crippen molar-refractivity contribution >= 4 is 33.4 Å². The number of esters is 1. The van der Waals surface area contributed by atoms with Crippen molar-refractivity contribution in [2.75, 3.05) is 35.0 Å².